The average Bonchev–Trinajstić information content (AvgIpc) is 2.70. The zero-order valence-electron chi connectivity index (χ0n) is 15.9. The molecule has 1 heterocycles. The zero-order valence-corrected chi connectivity index (χ0v) is 15.9. The number of aromatic amines is 1. The standard InChI is InChI=1S/C22H24N4O2/c1-2-6-19-15-21(27)25-22(24-19)26-23-16-18-9-11-20(12-10-18)28-14-13-17-7-4-3-5-8-17/h3-5,7-12,15-16H,2,6,13-14H2,1H3,(H2,24,25,26,27)/b23-16+. The van der Waals surface area contributed by atoms with Gasteiger partial charge in [-0.05, 0) is 41.8 Å². The number of rotatable bonds is 9. The van der Waals surface area contributed by atoms with Crippen LogP contribution in [-0.4, -0.2) is 22.8 Å². The number of H-pyrrole nitrogens is 1. The molecule has 0 fully saturated rings. The third-order valence-corrected chi connectivity index (χ3v) is 4.07. The van der Waals surface area contributed by atoms with Crippen molar-refractivity contribution in [3.8, 4) is 5.75 Å². The summed E-state index contributed by atoms with van der Waals surface area (Å²) >= 11 is 0. The molecule has 3 rings (SSSR count). The maximum absolute atomic E-state index is 11.6. The molecule has 0 radical (unpaired) electrons. The molecule has 0 saturated heterocycles. The Morgan fingerprint density at radius 1 is 1.11 bits per heavy atom. The van der Waals surface area contributed by atoms with Crippen LogP contribution >= 0.6 is 0 Å². The Hall–Kier alpha value is -3.41. The van der Waals surface area contributed by atoms with Gasteiger partial charge in [-0.25, -0.2) is 10.4 Å². The number of anilines is 1. The van der Waals surface area contributed by atoms with E-state index in [1.54, 1.807) is 6.21 Å². The Morgan fingerprint density at radius 2 is 1.89 bits per heavy atom. The first-order valence-corrected chi connectivity index (χ1v) is 9.39. The molecule has 6 nitrogen and oxygen atoms in total. The van der Waals surface area contributed by atoms with E-state index in [0.29, 0.717) is 12.6 Å². The minimum atomic E-state index is -0.187. The molecule has 144 valence electrons. The van der Waals surface area contributed by atoms with E-state index in [0.717, 1.165) is 36.3 Å². The topological polar surface area (TPSA) is 79.4 Å². The van der Waals surface area contributed by atoms with Crippen molar-refractivity contribution in [2.24, 2.45) is 5.10 Å². The molecule has 0 amide bonds. The number of benzene rings is 2. The highest BCUT2D eigenvalue weighted by Crippen LogP contribution is 2.12. The predicted molar refractivity (Wildman–Crippen MR) is 112 cm³/mol. The van der Waals surface area contributed by atoms with Crippen molar-refractivity contribution in [3.05, 3.63) is 87.8 Å². The molecule has 1 aromatic heterocycles. The molecule has 0 spiro atoms. The molecule has 2 aromatic carbocycles. The maximum atomic E-state index is 11.6. The first kappa shape index (κ1) is 19.4. The van der Waals surface area contributed by atoms with Crippen LogP contribution in [0.3, 0.4) is 0 Å². The number of aryl methyl sites for hydroxylation is 1. The number of nitrogens with zero attached hydrogens (tertiary/aromatic N) is 2. The summed E-state index contributed by atoms with van der Waals surface area (Å²) in [5.74, 6) is 1.16. The molecule has 0 aliphatic heterocycles. The second kappa shape index (κ2) is 10.1. The van der Waals surface area contributed by atoms with Gasteiger partial charge in [0.05, 0.1) is 12.8 Å². The van der Waals surface area contributed by atoms with E-state index in [-0.39, 0.29) is 5.56 Å². The maximum Gasteiger partial charge on any atom is 0.252 e. The Labute approximate surface area is 164 Å². The summed E-state index contributed by atoms with van der Waals surface area (Å²) in [7, 11) is 0. The Morgan fingerprint density at radius 3 is 2.64 bits per heavy atom. The molecule has 0 aliphatic rings. The lowest BCUT2D eigenvalue weighted by molar-refractivity contribution is 0.322. The fraction of sp³-hybridized carbons (Fsp3) is 0.227. The van der Waals surface area contributed by atoms with Gasteiger partial charge in [0.1, 0.15) is 5.75 Å². The van der Waals surface area contributed by atoms with E-state index >= 15 is 0 Å². The van der Waals surface area contributed by atoms with Crippen LogP contribution in [-0.2, 0) is 12.8 Å². The van der Waals surface area contributed by atoms with Crippen LogP contribution in [0.15, 0.2) is 70.6 Å². The number of nitrogens with one attached hydrogen (secondary N) is 2. The number of hydrazone groups is 1. The van der Waals surface area contributed by atoms with Crippen LogP contribution in [0.1, 0.15) is 30.2 Å². The summed E-state index contributed by atoms with van der Waals surface area (Å²) in [6.45, 7) is 2.68. The van der Waals surface area contributed by atoms with E-state index in [1.165, 1.54) is 11.6 Å². The van der Waals surface area contributed by atoms with Gasteiger partial charge in [-0.3, -0.25) is 9.78 Å². The van der Waals surface area contributed by atoms with Crippen molar-refractivity contribution in [3.63, 3.8) is 0 Å². The van der Waals surface area contributed by atoms with Crippen molar-refractivity contribution in [1.29, 1.82) is 0 Å². The van der Waals surface area contributed by atoms with E-state index in [1.807, 2.05) is 49.4 Å². The molecule has 0 saturated carbocycles. The zero-order chi connectivity index (χ0) is 19.6. The van der Waals surface area contributed by atoms with Crippen molar-refractivity contribution >= 4 is 12.2 Å². The van der Waals surface area contributed by atoms with Gasteiger partial charge in [-0.2, -0.15) is 5.10 Å². The minimum Gasteiger partial charge on any atom is -0.493 e. The lowest BCUT2D eigenvalue weighted by Crippen LogP contribution is -2.11. The summed E-state index contributed by atoms with van der Waals surface area (Å²) in [6, 6.07) is 19.4. The summed E-state index contributed by atoms with van der Waals surface area (Å²) in [4.78, 5) is 18.6. The smallest absolute Gasteiger partial charge is 0.252 e. The van der Waals surface area contributed by atoms with Crippen molar-refractivity contribution < 1.29 is 4.74 Å². The number of hydrogen-bond donors (Lipinski definition) is 2. The number of aromatic nitrogens is 2. The Balaban J connectivity index is 1.50. The molecule has 0 unspecified atom stereocenters. The van der Waals surface area contributed by atoms with Gasteiger partial charge in [0.2, 0.25) is 5.95 Å². The quantitative estimate of drug-likeness (QED) is 0.440. The van der Waals surface area contributed by atoms with Crippen LogP contribution in [0.25, 0.3) is 0 Å². The monoisotopic (exact) mass is 376 g/mol. The van der Waals surface area contributed by atoms with Crippen molar-refractivity contribution in [2.45, 2.75) is 26.2 Å². The molecule has 2 N–H and O–H groups in total. The SMILES string of the molecule is CCCc1cc(=O)[nH]c(N/N=C/c2ccc(OCCc3ccccc3)cc2)n1. The minimum absolute atomic E-state index is 0.187. The molecule has 0 bridgehead atoms. The third-order valence-electron chi connectivity index (χ3n) is 4.07. The van der Waals surface area contributed by atoms with Gasteiger partial charge in [0.15, 0.2) is 0 Å². The third kappa shape index (κ3) is 6.09. The van der Waals surface area contributed by atoms with E-state index < -0.39 is 0 Å². The summed E-state index contributed by atoms with van der Waals surface area (Å²) in [6.07, 6.45) is 4.23. The van der Waals surface area contributed by atoms with Crippen LogP contribution in [0.5, 0.6) is 5.75 Å². The molecule has 28 heavy (non-hydrogen) atoms. The molecular formula is C22H24N4O2. The largest absolute Gasteiger partial charge is 0.493 e. The van der Waals surface area contributed by atoms with E-state index in [9.17, 15) is 4.79 Å². The van der Waals surface area contributed by atoms with Gasteiger partial charge < -0.3 is 4.74 Å². The molecule has 6 heteroatoms. The lowest BCUT2D eigenvalue weighted by atomic mass is 10.2. The summed E-state index contributed by atoms with van der Waals surface area (Å²) in [5.41, 5.74) is 5.50. The normalized spacial score (nSPS) is 10.9. The van der Waals surface area contributed by atoms with Gasteiger partial charge >= 0.3 is 0 Å². The molecule has 0 aliphatic carbocycles. The van der Waals surface area contributed by atoms with Crippen molar-refractivity contribution in [1.82, 2.24) is 9.97 Å². The average molecular weight is 376 g/mol. The first-order valence-electron chi connectivity index (χ1n) is 9.39. The Kier molecular flexibility index (Phi) is 6.95. The van der Waals surface area contributed by atoms with Crippen LogP contribution in [0.4, 0.5) is 5.95 Å². The van der Waals surface area contributed by atoms with Crippen LogP contribution in [0.2, 0.25) is 0 Å². The fourth-order valence-electron chi connectivity index (χ4n) is 2.69. The molecular weight excluding hydrogens is 352 g/mol. The second-order valence-corrected chi connectivity index (χ2v) is 6.36. The highest BCUT2D eigenvalue weighted by Gasteiger charge is 2.00. The first-order chi connectivity index (χ1) is 13.7. The summed E-state index contributed by atoms with van der Waals surface area (Å²) < 4.78 is 5.78. The second-order valence-electron chi connectivity index (χ2n) is 6.36. The Bertz CT molecular complexity index is 950. The highest BCUT2D eigenvalue weighted by molar-refractivity contribution is 5.80. The molecule has 0 atom stereocenters. The summed E-state index contributed by atoms with van der Waals surface area (Å²) in [5, 5.41) is 4.14. The van der Waals surface area contributed by atoms with Crippen LogP contribution < -0.4 is 15.7 Å². The number of hydrogen-bond acceptors (Lipinski definition) is 5. The fourth-order valence-corrected chi connectivity index (χ4v) is 2.69. The van der Waals surface area contributed by atoms with Gasteiger partial charge in [-0.1, -0.05) is 43.7 Å². The van der Waals surface area contributed by atoms with Crippen molar-refractivity contribution in [2.75, 3.05) is 12.0 Å². The number of ether oxygens (including phenoxy) is 1. The van der Waals surface area contributed by atoms with Crippen LogP contribution in [0, 0.1) is 0 Å². The molecule has 3 aromatic rings. The van der Waals surface area contributed by atoms with Gasteiger partial charge in [-0.15, -0.1) is 0 Å². The van der Waals surface area contributed by atoms with Gasteiger partial charge in [0.25, 0.3) is 5.56 Å². The highest BCUT2D eigenvalue weighted by atomic mass is 16.5. The van der Waals surface area contributed by atoms with E-state index in [2.05, 4.69) is 32.6 Å². The predicted octanol–water partition coefficient (Wildman–Crippen LogP) is 3.79. The lowest BCUT2D eigenvalue weighted by Gasteiger charge is -2.06. The van der Waals surface area contributed by atoms with Gasteiger partial charge in [0, 0.05) is 18.2 Å². The van der Waals surface area contributed by atoms with E-state index in [4.69, 9.17) is 4.74 Å².